The van der Waals surface area contributed by atoms with Crippen LogP contribution in [0.5, 0.6) is 0 Å². The summed E-state index contributed by atoms with van der Waals surface area (Å²) in [6, 6.07) is 0. The summed E-state index contributed by atoms with van der Waals surface area (Å²) in [5, 5.41) is 10.2. The number of rotatable bonds is 7. The SMILES string of the molecule is Cc1nn(Cc2c(F)c(F)c(F)c(F)c2F)c(C)c1NC(=O)CCn1nc(C(F)(F)F)c(Br)c1C1CC1. The molecule has 15 heteroatoms. The molecule has 0 unspecified atom stereocenters. The van der Waals surface area contributed by atoms with Crippen molar-refractivity contribution in [2.24, 2.45) is 0 Å². The molecule has 2 aromatic heterocycles. The molecule has 1 aliphatic rings. The number of nitrogens with zero attached hydrogens (tertiary/aromatic N) is 4. The minimum atomic E-state index is -4.67. The molecule has 1 N–H and O–H groups in total. The molecule has 2 heterocycles. The third kappa shape index (κ3) is 5.09. The molecule has 1 amide bonds. The number of alkyl halides is 3. The zero-order chi connectivity index (χ0) is 27.4. The Labute approximate surface area is 212 Å². The summed E-state index contributed by atoms with van der Waals surface area (Å²) in [5.74, 6) is -11.2. The van der Waals surface area contributed by atoms with Crippen LogP contribution in [0.3, 0.4) is 0 Å². The van der Waals surface area contributed by atoms with Crippen LogP contribution < -0.4 is 5.32 Å². The highest BCUT2D eigenvalue weighted by atomic mass is 79.9. The third-order valence-corrected chi connectivity index (χ3v) is 6.75. The molecular formula is C22H18BrF8N5O. The minimum absolute atomic E-state index is 0.0920. The summed E-state index contributed by atoms with van der Waals surface area (Å²) >= 11 is 2.98. The standard InChI is InChI=1S/C22H18BrF8N5O/c1-8-19(9(2)36(33-8)7-11-14(24)16(26)18(28)17(27)15(11)25)32-12(37)5-6-35-20(10-3-4-10)13(23)21(34-35)22(29,30)31/h10H,3-7H2,1-2H3,(H,32,37). The summed E-state index contributed by atoms with van der Waals surface area (Å²) in [4.78, 5) is 12.6. The Bertz CT molecular complexity index is 1360. The van der Waals surface area contributed by atoms with Crippen LogP contribution in [0, 0.1) is 42.9 Å². The zero-order valence-corrected chi connectivity index (χ0v) is 20.8. The van der Waals surface area contributed by atoms with E-state index in [4.69, 9.17) is 0 Å². The first-order valence-electron chi connectivity index (χ1n) is 10.9. The molecule has 0 atom stereocenters. The molecule has 1 saturated carbocycles. The fourth-order valence-electron chi connectivity index (χ4n) is 3.93. The van der Waals surface area contributed by atoms with E-state index >= 15 is 0 Å². The lowest BCUT2D eigenvalue weighted by Gasteiger charge is -2.11. The van der Waals surface area contributed by atoms with Gasteiger partial charge in [0.25, 0.3) is 0 Å². The van der Waals surface area contributed by atoms with E-state index in [0.29, 0.717) is 18.5 Å². The number of hydrogen-bond acceptors (Lipinski definition) is 3. The molecule has 37 heavy (non-hydrogen) atoms. The smallest absolute Gasteiger partial charge is 0.323 e. The van der Waals surface area contributed by atoms with Crippen LogP contribution in [0.1, 0.15) is 53.5 Å². The van der Waals surface area contributed by atoms with Gasteiger partial charge >= 0.3 is 6.18 Å². The van der Waals surface area contributed by atoms with Crippen LogP contribution in [0.15, 0.2) is 4.47 Å². The maximum atomic E-state index is 14.1. The van der Waals surface area contributed by atoms with Crippen LogP contribution in [-0.4, -0.2) is 25.5 Å². The monoisotopic (exact) mass is 599 g/mol. The number of benzene rings is 1. The van der Waals surface area contributed by atoms with Crippen molar-refractivity contribution >= 4 is 27.5 Å². The van der Waals surface area contributed by atoms with E-state index in [-0.39, 0.29) is 40.4 Å². The second-order valence-corrected chi connectivity index (χ2v) is 9.39. The number of hydrogen-bond donors (Lipinski definition) is 1. The number of carbonyl (C=O) groups excluding carboxylic acids is 1. The molecule has 1 aromatic carbocycles. The molecule has 0 aliphatic heterocycles. The number of aromatic nitrogens is 4. The molecule has 6 nitrogen and oxygen atoms in total. The quantitative estimate of drug-likeness (QED) is 0.202. The van der Waals surface area contributed by atoms with Gasteiger partial charge in [-0.1, -0.05) is 0 Å². The van der Waals surface area contributed by atoms with Crippen LogP contribution in [-0.2, 0) is 24.1 Å². The average molecular weight is 600 g/mol. The largest absolute Gasteiger partial charge is 0.436 e. The predicted molar refractivity (Wildman–Crippen MR) is 117 cm³/mol. The van der Waals surface area contributed by atoms with E-state index in [1.54, 1.807) is 0 Å². The fraction of sp³-hybridized carbons (Fsp3) is 0.409. The highest BCUT2D eigenvalue weighted by molar-refractivity contribution is 9.10. The second-order valence-electron chi connectivity index (χ2n) is 8.59. The van der Waals surface area contributed by atoms with Gasteiger partial charge in [-0.25, -0.2) is 22.0 Å². The van der Waals surface area contributed by atoms with Crippen molar-refractivity contribution in [2.45, 2.75) is 58.3 Å². The third-order valence-electron chi connectivity index (χ3n) is 5.97. The number of aryl methyl sites for hydroxylation is 2. The van der Waals surface area contributed by atoms with Crippen molar-refractivity contribution in [1.82, 2.24) is 19.6 Å². The Morgan fingerprint density at radius 2 is 1.54 bits per heavy atom. The van der Waals surface area contributed by atoms with E-state index in [2.05, 4.69) is 31.4 Å². The molecule has 4 rings (SSSR count). The summed E-state index contributed by atoms with van der Waals surface area (Å²) in [6.07, 6.45) is -3.52. The number of anilines is 1. The van der Waals surface area contributed by atoms with E-state index in [0.717, 1.165) is 9.36 Å². The molecule has 1 fully saturated rings. The predicted octanol–water partition coefficient (Wildman–Crippen LogP) is 6.13. The molecule has 3 aromatic rings. The maximum Gasteiger partial charge on any atom is 0.436 e. The first-order chi connectivity index (χ1) is 17.2. The summed E-state index contributed by atoms with van der Waals surface area (Å²) in [7, 11) is 0. The summed E-state index contributed by atoms with van der Waals surface area (Å²) in [6.45, 7) is 1.90. The molecule has 0 radical (unpaired) electrons. The van der Waals surface area contributed by atoms with Crippen molar-refractivity contribution in [2.75, 3.05) is 5.32 Å². The van der Waals surface area contributed by atoms with Crippen LogP contribution in [0.2, 0.25) is 0 Å². The van der Waals surface area contributed by atoms with Crippen molar-refractivity contribution < 1.29 is 39.9 Å². The second kappa shape index (κ2) is 9.72. The van der Waals surface area contributed by atoms with Crippen LogP contribution in [0.25, 0.3) is 0 Å². The van der Waals surface area contributed by atoms with Crippen LogP contribution in [0.4, 0.5) is 40.8 Å². The van der Waals surface area contributed by atoms with Gasteiger partial charge in [0.05, 0.1) is 45.9 Å². The topological polar surface area (TPSA) is 64.7 Å². The number of carbonyl (C=O) groups is 1. The van der Waals surface area contributed by atoms with E-state index in [9.17, 15) is 39.9 Å². The van der Waals surface area contributed by atoms with Gasteiger partial charge in [0.2, 0.25) is 11.7 Å². The van der Waals surface area contributed by atoms with Gasteiger partial charge in [-0.3, -0.25) is 14.2 Å². The highest BCUT2D eigenvalue weighted by Gasteiger charge is 2.41. The van der Waals surface area contributed by atoms with Crippen molar-refractivity contribution in [3.8, 4) is 0 Å². The van der Waals surface area contributed by atoms with Crippen LogP contribution >= 0.6 is 15.9 Å². The van der Waals surface area contributed by atoms with Crippen molar-refractivity contribution in [3.05, 3.63) is 61.9 Å². The van der Waals surface area contributed by atoms with Gasteiger partial charge < -0.3 is 5.32 Å². The highest BCUT2D eigenvalue weighted by Crippen LogP contribution is 2.47. The normalized spacial score (nSPS) is 13.9. The summed E-state index contributed by atoms with van der Waals surface area (Å²) in [5.41, 5.74) is -1.32. The molecular weight excluding hydrogens is 582 g/mol. The van der Waals surface area contributed by atoms with Gasteiger partial charge in [-0.05, 0) is 42.6 Å². The van der Waals surface area contributed by atoms with Crippen molar-refractivity contribution in [1.29, 1.82) is 0 Å². The fourth-order valence-corrected chi connectivity index (χ4v) is 4.76. The van der Waals surface area contributed by atoms with Gasteiger partial charge in [0.1, 0.15) is 0 Å². The molecule has 0 spiro atoms. The maximum absolute atomic E-state index is 14.1. The number of amides is 1. The molecule has 0 saturated heterocycles. The first kappa shape index (κ1) is 27.1. The Kier molecular flexibility index (Phi) is 7.12. The minimum Gasteiger partial charge on any atom is -0.323 e. The lowest BCUT2D eigenvalue weighted by molar-refractivity contribution is -0.142. The van der Waals surface area contributed by atoms with Gasteiger partial charge in [0.15, 0.2) is 29.0 Å². The Balaban J connectivity index is 1.51. The zero-order valence-electron chi connectivity index (χ0n) is 19.2. The number of halogens is 9. The van der Waals surface area contributed by atoms with Gasteiger partial charge in [-0.15, -0.1) is 0 Å². The average Bonchev–Trinajstić information content (AvgIpc) is 3.55. The van der Waals surface area contributed by atoms with E-state index < -0.39 is 59.0 Å². The first-order valence-corrected chi connectivity index (χ1v) is 11.7. The Hall–Kier alpha value is -2.97. The van der Waals surface area contributed by atoms with E-state index in [1.165, 1.54) is 13.8 Å². The van der Waals surface area contributed by atoms with Gasteiger partial charge in [-0.2, -0.15) is 23.4 Å². The summed E-state index contributed by atoms with van der Waals surface area (Å²) < 4.78 is 110. The Morgan fingerprint density at radius 3 is 2.08 bits per heavy atom. The van der Waals surface area contributed by atoms with Gasteiger partial charge in [0, 0.05) is 12.3 Å². The molecule has 1 aliphatic carbocycles. The van der Waals surface area contributed by atoms with E-state index in [1.807, 2.05) is 0 Å². The van der Waals surface area contributed by atoms with Crippen molar-refractivity contribution in [3.63, 3.8) is 0 Å². The Morgan fingerprint density at radius 1 is 0.973 bits per heavy atom. The lowest BCUT2D eigenvalue weighted by atomic mass is 10.1. The lowest BCUT2D eigenvalue weighted by Crippen LogP contribution is -2.17. The molecule has 0 bridgehead atoms. The number of nitrogens with one attached hydrogen (secondary N) is 1. The molecule has 200 valence electrons.